The zero-order valence-electron chi connectivity index (χ0n) is 6.92. The van der Waals surface area contributed by atoms with Crippen molar-refractivity contribution in [3.05, 3.63) is 24.8 Å². The van der Waals surface area contributed by atoms with E-state index in [4.69, 9.17) is 6.58 Å². The zero-order chi connectivity index (χ0) is 7.94. The summed E-state index contributed by atoms with van der Waals surface area (Å²) in [5.74, 6) is 0.833. The maximum atomic E-state index is 5.22. The van der Waals surface area contributed by atoms with Crippen LogP contribution < -0.4 is 5.32 Å². The molecule has 1 unspecified atom stereocenters. The predicted molar refractivity (Wildman–Crippen MR) is 48.2 cm³/mol. The van der Waals surface area contributed by atoms with Gasteiger partial charge in [-0.15, -0.1) is 0 Å². The Balaban J connectivity index is 2.14. The number of nitrogens with one attached hydrogen (secondary N) is 1. The second-order valence-electron chi connectivity index (χ2n) is 3.07. The Bertz CT molecular complexity index is 132. The minimum absolute atomic E-state index is 0.833. The van der Waals surface area contributed by atoms with Crippen LogP contribution in [0.25, 0.3) is 0 Å². The van der Waals surface area contributed by atoms with Gasteiger partial charge in [0, 0.05) is 0 Å². The second-order valence-corrected chi connectivity index (χ2v) is 3.07. The van der Waals surface area contributed by atoms with Gasteiger partial charge in [-0.25, -0.2) is 0 Å². The third-order valence-corrected chi connectivity index (χ3v) is 2.12. The zero-order valence-corrected chi connectivity index (χ0v) is 6.92. The lowest BCUT2D eigenvalue weighted by molar-refractivity contribution is 0.381. The molecule has 0 aliphatic carbocycles. The van der Waals surface area contributed by atoms with E-state index >= 15 is 0 Å². The molecule has 0 spiro atoms. The van der Waals surface area contributed by atoms with Gasteiger partial charge in [0.05, 0.1) is 0 Å². The lowest BCUT2D eigenvalue weighted by atomic mass is 9.96. The number of hydrogen-bond acceptors (Lipinski definition) is 1. The fraction of sp³-hybridized carbons (Fsp3) is 0.600. The Hall–Kier alpha value is -0.560. The van der Waals surface area contributed by atoms with Gasteiger partial charge in [-0.3, -0.25) is 0 Å². The Morgan fingerprint density at radius 3 is 3.09 bits per heavy atom. The van der Waals surface area contributed by atoms with E-state index in [9.17, 15) is 0 Å². The molecule has 1 heterocycles. The molecule has 0 aromatic carbocycles. The van der Waals surface area contributed by atoms with Gasteiger partial charge >= 0.3 is 0 Å². The van der Waals surface area contributed by atoms with Gasteiger partial charge in [-0.05, 0) is 38.3 Å². The average Bonchev–Trinajstić information content (AvgIpc) is 2.07. The van der Waals surface area contributed by atoms with Crippen LogP contribution in [0, 0.1) is 12.5 Å². The molecule has 61 valence electrons. The lowest BCUT2D eigenvalue weighted by Crippen LogP contribution is -2.29. The van der Waals surface area contributed by atoms with Crippen LogP contribution in [0.1, 0.15) is 19.3 Å². The molecule has 1 aliphatic heterocycles. The van der Waals surface area contributed by atoms with Crippen LogP contribution >= 0.6 is 0 Å². The average molecular weight is 150 g/mol. The van der Waals surface area contributed by atoms with Crippen molar-refractivity contribution in [2.24, 2.45) is 5.92 Å². The summed E-state index contributed by atoms with van der Waals surface area (Å²) in [4.78, 5) is 0. The summed E-state index contributed by atoms with van der Waals surface area (Å²) in [6.45, 7) is 7.59. The van der Waals surface area contributed by atoms with Gasteiger partial charge < -0.3 is 5.32 Å². The number of hydrogen-bond donors (Lipinski definition) is 1. The smallest absolute Gasteiger partial charge is 0.00175 e. The van der Waals surface area contributed by atoms with E-state index in [0.29, 0.717) is 0 Å². The van der Waals surface area contributed by atoms with Crippen molar-refractivity contribution in [2.45, 2.75) is 19.3 Å². The molecule has 1 N–H and O–H groups in total. The molecule has 0 saturated carbocycles. The molecular formula is C10H16N. The Labute approximate surface area is 69.2 Å². The van der Waals surface area contributed by atoms with E-state index in [1.54, 1.807) is 6.08 Å². The Morgan fingerprint density at radius 2 is 2.45 bits per heavy atom. The van der Waals surface area contributed by atoms with Gasteiger partial charge in [-0.1, -0.05) is 24.8 Å². The molecule has 0 aromatic heterocycles. The van der Waals surface area contributed by atoms with Gasteiger partial charge in [0.1, 0.15) is 0 Å². The summed E-state index contributed by atoms with van der Waals surface area (Å²) < 4.78 is 0. The minimum atomic E-state index is 0.833. The lowest BCUT2D eigenvalue weighted by Gasteiger charge is -2.20. The molecule has 1 heteroatoms. The molecule has 0 bridgehead atoms. The first kappa shape index (κ1) is 8.54. The Morgan fingerprint density at radius 1 is 1.55 bits per heavy atom. The molecular weight excluding hydrogens is 134 g/mol. The van der Waals surface area contributed by atoms with Crippen molar-refractivity contribution in [3.8, 4) is 0 Å². The van der Waals surface area contributed by atoms with Crippen molar-refractivity contribution >= 4 is 0 Å². The van der Waals surface area contributed by atoms with Crippen molar-refractivity contribution in [3.63, 3.8) is 0 Å². The largest absolute Gasteiger partial charge is 0.316 e. The van der Waals surface area contributed by atoms with E-state index in [-0.39, 0.29) is 0 Å². The van der Waals surface area contributed by atoms with Gasteiger partial charge in [-0.2, -0.15) is 0 Å². The highest BCUT2D eigenvalue weighted by molar-refractivity contribution is 4.96. The SMILES string of the molecule is [CH]=CC=CCC1CCCNC1. The number of allylic oxidation sites excluding steroid dienone is 3. The van der Waals surface area contributed by atoms with E-state index < -0.39 is 0 Å². The van der Waals surface area contributed by atoms with Crippen LogP contribution in [0.4, 0.5) is 0 Å². The van der Waals surface area contributed by atoms with E-state index in [2.05, 4.69) is 11.4 Å². The molecule has 1 rings (SSSR count). The molecule has 1 saturated heterocycles. The predicted octanol–water partition coefficient (Wildman–Crippen LogP) is 1.92. The summed E-state index contributed by atoms with van der Waals surface area (Å²) >= 11 is 0. The first-order valence-electron chi connectivity index (χ1n) is 4.34. The highest BCUT2D eigenvalue weighted by Crippen LogP contribution is 2.13. The Kier molecular flexibility index (Phi) is 3.99. The van der Waals surface area contributed by atoms with Crippen molar-refractivity contribution in [1.29, 1.82) is 0 Å². The highest BCUT2D eigenvalue weighted by atomic mass is 14.9. The third-order valence-electron chi connectivity index (χ3n) is 2.12. The molecule has 1 atom stereocenters. The van der Waals surface area contributed by atoms with Crippen LogP contribution in [0.3, 0.4) is 0 Å². The van der Waals surface area contributed by atoms with Crippen molar-refractivity contribution < 1.29 is 0 Å². The van der Waals surface area contributed by atoms with Crippen LogP contribution in [0.5, 0.6) is 0 Å². The topological polar surface area (TPSA) is 12.0 Å². The van der Waals surface area contributed by atoms with E-state index in [0.717, 1.165) is 5.92 Å². The maximum Gasteiger partial charge on any atom is -0.00175 e. The quantitative estimate of drug-likeness (QED) is 0.606. The summed E-state index contributed by atoms with van der Waals surface area (Å²) in [7, 11) is 0. The summed E-state index contributed by atoms with van der Waals surface area (Å²) in [5, 5.41) is 3.39. The van der Waals surface area contributed by atoms with E-state index in [1.165, 1.54) is 32.4 Å². The molecule has 0 amide bonds. The summed E-state index contributed by atoms with van der Waals surface area (Å²) in [6.07, 6.45) is 9.52. The normalized spacial score (nSPS) is 25.6. The van der Waals surface area contributed by atoms with Crippen LogP contribution in [-0.4, -0.2) is 13.1 Å². The van der Waals surface area contributed by atoms with Crippen molar-refractivity contribution in [1.82, 2.24) is 5.32 Å². The monoisotopic (exact) mass is 150 g/mol. The van der Waals surface area contributed by atoms with Gasteiger partial charge in [0.2, 0.25) is 0 Å². The van der Waals surface area contributed by atoms with Gasteiger partial charge in [0.15, 0.2) is 0 Å². The molecule has 0 aromatic rings. The molecule has 11 heavy (non-hydrogen) atoms. The third kappa shape index (κ3) is 3.38. The van der Waals surface area contributed by atoms with Crippen molar-refractivity contribution in [2.75, 3.05) is 13.1 Å². The first-order valence-corrected chi connectivity index (χ1v) is 4.34. The van der Waals surface area contributed by atoms with E-state index in [1.807, 2.05) is 6.08 Å². The standard InChI is InChI=1S/C10H16N/c1-2-3-4-6-10-7-5-8-11-9-10/h1-4,10-11H,5-9H2. The molecule has 1 fully saturated rings. The highest BCUT2D eigenvalue weighted by Gasteiger charge is 2.09. The molecule has 1 aliphatic rings. The van der Waals surface area contributed by atoms with Crippen LogP contribution in [0.2, 0.25) is 0 Å². The number of rotatable bonds is 3. The minimum Gasteiger partial charge on any atom is -0.316 e. The maximum absolute atomic E-state index is 5.22. The number of piperidine rings is 1. The molecule has 1 nitrogen and oxygen atoms in total. The summed E-state index contributed by atoms with van der Waals surface area (Å²) in [5.41, 5.74) is 0. The van der Waals surface area contributed by atoms with Gasteiger partial charge in [0.25, 0.3) is 0 Å². The fourth-order valence-electron chi connectivity index (χ4n) is 1.47. The van der Waals surface area contributed by atoms with Crippen LogP contribution in [-0.2, 0) is 0 Å². The fourth-order valence-corrected chi connectivity index (χ4v) is 1.47. The second kappa shape index (κ2) is 5.14. The first-order chi connectivity index (χ1) is 5.43. The van der Waals surface area contributed by atoms with Crippen LogP contribution in [0.15, 0.2) is 18.2 Å². The summed E-state index contributed by atoms with van der Waals surface area (Å²) in [6, 6.07) is 0. The molecule has 1 radical (unpaired) electrons.